The summed E-state index contributed by atoms with van der Waals surface area (Å²) in [5.41, 5.74) is 0.986. The molecule has 0 aliphatic carbocycles. The van der Waals surface area contributed by atoms with Gasteiger partial charge in [0.15, 0.2) is 11.7 Å². The highest BCUT2D eigenvalue weighted by atomic mass is 35.5. The molecule has 6 nitrogen and oxygen atoms in total. The first-order valence-electron chi connectivity index (χ1n) is 8.61. The number of thiazole rings is 1. The van der Waals surface area contributed by atoms with Crippen molar-refractivity contribution in [2.24, 2.45) is 4.99 Å². The van der Waals surface area contributed by atoms with Gasteiger partial charge in [0.2, 0.25) is 0 Å². The standard InChI is InChI=1S/C18H18ClF3N6S/c1-23-17(24-7-6-16-27-15(11-29-16)18(20,21)22)25-8-12-9-26-28(10-12)14-4-2-13(19)3-5-14/h2-5,9-11H,6-8H2,1H3,(H2,23,24,25). The lowest BCUT2D eigenvalue weighted by Gasteiger charge is -2.10. The number of guanidine groups is 1. The zero-order valence-electron chi connectivity index (χ0n) is 15.4. The van der Waals surface area contributed by atoms with Crippen molar-refractivity contribution in [3.05, 3.63) is 63.3 Å². The van der Waals surface area contributed by atoms with Gasteiger partial charge in [0.1, 0.15) is 0 Å². The Bertz CT molecular complexity index is 965. The molecule has 0 aliphatic rings. The average molecular weight is 443 g/mol. The molecule has 1 aromatic carbocycles. The number of aromatic nitrogens is 3. The van der Waals surface area contributed by atoms with E-state index in [1.165, 1.54) is 0 Å². The number of hydrogen-bond donors (Lipinski definition) is 2. The number of halogens is 4. The van der Waals surface area contributed by atoms with Crippen LogP contribution in [0.3, 0.4) is 0 Å². The van der Waals surface area contributed by atoms with Crippen LogP contribution in [0.4, 0.5) is 13.2 Å². The summed E-state index contributed by atoms with van der Waals surface area (Å²) in [6.07, 6.45) is -0.410. The van der Waals surface area contributed by atoms with Crippen LogP contribution in [0.25, 0.3) is 5.69 Å². The Morgan fingerprint density at radius 1 is 1.24 bits per heavy atom. The maximum atomic E-state index is 12.6. The van der Waals surface area contributed by atoms with Gasteiger partial charge in [0, 0.05) is 48.7 Å². The van der Waals surface area contributed by atoms with Gasteiger partial charge in [-0.25, -0.2) is 9.67 Å². The van der Waals surface area contributed by atoms with Crippen molar-refractivity contribution in [3.63, 3.8) is 0 Å². The molecule has 2 heterocycles. The van der Waals surface area contributed by atoms with E-state index in [1.807, 2.05) is 18.3 Å². The van der Waals surface area contributed by atoms with Gasteiger partial charge in [-0.15, -0.1) is 11.3 Å². The lowest BCUT2D eigenvalue weighted by Crippen LogP contribution is -2.37. The van der Waals surface area contributed by atoms with E-state index >= 15 is 0 Å². The van der Waals surface area contributed by atoms with Crippen LogP contribution < -0.4 is 10.6 Å². The highest BCUT2D eigenvalue weighted by molar-refractivity contribution is 7.09. The molecule has 0 saturated heterocycles. The number of benzene rings is 1. The van der Waals surface area contributed by atoms with Crippen molar-refractivity contribution in [1.29, 1.82) is 0 Å². The van der Waals surface area contributed by atoms with Gasteiger partial charge in [-0.3, -0.25) is 4.99 Å². The second-order valence-electron chi connectivity index (χ2n) is 6.00. The summed E-state index contributed by atoms with van der Waals surface area (Å²) in [5, 5.41) is 12.6. The van der Waals surface area contributed by atoms with Crippen LogP contribution in [0.1, 0.15) is 16.3 Å². The Balaban J connectivity index is 1.47. The summed E-state index contributed by atoms with van der Waals surface area (Å²) in [7, 11) is 1.62. The van der Waals surface area contributed by atoms with Crippen molar-refractivity contribution < 1.29 is 13.2 Å². The minimum Gasteiger partial charge on any atom is -0.356 e. The molecule has 154 valence electrons. The summed E-state index contributed by atoms with van der Waals surface area (Å²) >= 11 is 6.89. The predicted octanol–water partition coefficient (Wildman–Crippen LogP) is 3.91. The second kappa shape index (κ2) is 9.27. The van der Waals surface area contributed by atoms with Crippen molar-refractivity contribution in [2.45, 2.75) is 19.1 Å². The molecular weight excluding hydrogens is 425 g/mol. The lowest BCUT2D eigenvalue weighted by atomic mass is 10.3. The molecule has 29 heavy (non-hydrogen) atoms. The molecule has 2 aromatic heterocycles. The van der Waals surface area contributed by atoms with E-state index in [1.54, 1.807) is 30.1 Å². The third-order valence-corrected chi connectivity index (χ3v) is 5.04. The van der Waals surface area contributed by atoms with E-state index in [9.17, 15) is 13.2 Å². The monoisotopic (exact) mass is 442 g/mol. The quantitative estimate of drug-likeness (QED) is 0.448. The lowest BCUT2D eigenvalue weighted by molar-refractivity contribution is -0.140. The third-order valence-electron chi connectivity index (χ3n) is 3.88. The summed E-state index contributed by atoms with van der Waals surface area (Å²) in [5.74, 6) is 0.539. The Labute approximate surface area is 174 Å². The Morgan fingerprint density at radius 3 is 2.66 bits per heavy atom. The molecule has 2 N–H and O–H groups in total. The van der Waals surface area contributed by atoms with E-state index in [0.717, 1.165) is 28.0 Å². The van der Waals surface area contributed by atoms with Crippen LogP contribution in [0.2, 0.25) is 5.02 Å². The molecule has 0 saturated carbocycles. The number of nitrogens with one attached hydrogen (secondary N) is 2. The largest absolute Gasteiger partial charge is 0.434 e. The second-order valence-corrected chi connectivity index (χ2v) is 7.38. The molecule has 0 fully saturated rings. The van der Waals surface area contributed by atoms with E-state index in [0.29, 0.717) is 35.5 Å². The summed E-state index contributed by atoms with van der Waals surface area (Å²) in [6, 6.07) is 7.33. The van der Waals surface area contributed by atoms with Crippen molar-refractivity contribution in [1.82, 2.24) is 25.4 Å². The van der Waals surface area contributed by atoms with E-state index in [4.69, 9.17) is 11.6 Å². The molecule has 0 spiro atoms. The van der Waals surface area contributed by atoms with E-state index in [2.05, 4.69) is 25.7 Å². The fraction of sp³-hybridized carbons (Fsp3) is 0.278. The molecular formula is C18H18ClF3N6S. The topological polar surface area (TPSA) is 67.1 Å². The van der Waals surface area contributed by atoms with Gasteiger partial charge in [0.05, 0.1) is 16.9 Å². The van der Waals surface area contributed by atoms with E-state index < -0.39 is 11.9 Å². The van der Waals surface area contributed by atoms with Crippen molar-refractivity contribution in [2.75, 3.05) is 13.6 Å². The van der Waals surface area contributed by atoms with Crippen molar-refractivity contribution >= 4 is 28.9 Å². The number of aliphatic imine (C=N–C) groups is 1. The van der Waals surface area contributed by atoms with Crippen LogP contribution in [0.5, 0.6) is 0 Å². The van der Waals surface area contributed by atoms with Crippen molar-refractivity contribution in [3.8, 4) is 5.69 Å². The number of nitrogens with zero attached hydrogens (tertiary/aromatic N) is 4. The SMILES string of the molecule is CN=C(NCCc1nc(C(F)(F)F)cs1)NCc1cnn(-c2ccc(Cl)cc2)c1. The normalized spacial score (nSPS) is 12.2. The van der Waals surface area contributed by atoms with E-state index in [-0.39, 0.29) is 0 Å². The van der Waals surface area contributed by atoms with Gasteiger partial charge >= 0.3 is 6.18 Å². The first kappa shape index (κ1) is 21.1. The summed E-state index contributed by atoms with van der Waals surface area (Å²) in [4.78, 5) is 7.72. The van der Waals surface area contributed by atoms with Gasteiger partial charge in [-0.1, -0.05) is 11.6 Å². The first-order chi connectivity index (χ1) is 13.8. The zero-order chi connectivity index (χ0) is 20.9. The van der Waals surface area contributed by atoms with Gasteiger partial charge in [0.25, 0.3) is 0 Å². The molecule has 3 rings (SSSR count). The molecule has 0 aliphatic heterocycles. The van der Waals surface area contributed by atoms with Crippen LogP contribution in [-0.4, -0.2) is 34.3 Å². The first-order valence-corrected chi connectivity index (χ1v) is 9.86. The van der Waals surface area contributed by atoms with Gasteiger partial charge in [-0.2, -0.15) is 18.3 Å². The molecule has 3 aromatic rings. The fourth-order valence-corrected chi connectivity index (χ4v) is 3.37. The maximum Gasteiger partial charge on any atom is 0.434 e. The summed E-state index contributed by atoms with van der Waals surface area (Å²) < 4.78 is 39.5. The molecule has 0 amide bonds. The van der Waals surface area contributed by atoms with Crippen LogP contribution in [-0.2, 0) is 19.1 Å². The predicted molar refractivity (Wildman–Crippen MR) is 108 cm³/mol. The Kier molecular flexibility index (Phi) is 6.75. The highest BCUT2D eigenvalue weighted by Crippen LogP contribution is 2.30. The zero-order valence-corrected chi connectivity index (χ0v) is 16.9. The molecule has 0 unspecified atom stereocenters. The molecule has 0 radical (unpaired) electrons. The smallest absolute Gasteiger partial charge is 0.356 e. The number of alkyl halides is 3. The Morgan fingerprint density at radius 2 is 2.00 bits per heavy atom. The number of rotatable bonds is 6. The van der Waals surface area contributed by atoms with Crippen LogP contribution in [0.15, 0.2) is 47.0 Å². The minimum atomic E-state index is -4.41. The molecule has 11 heteroatoms. The molecule has 0 atom stereocenters. The maximum absolute atomic E-state index is 12.6. The highest BCUT2D eigenvalue weighted by Gasteiger charge is 2.33. The molecule has 0 bridgehead atoms. The fourth-order valence-electron chi connectivity index (χ4n) is 2.44. The Hall–Kier alpha value is -2.59. The minimum absolute atomic E-state index is 0.371. The number of hydrogen-bond acceptors (Lipinski definition) is 4. The van der Waals surface area contributed by atoms with Gasteiger partial charge in [-0.05, 0) is 24.3 Å². The third kappa shape index (κ3) is 5.94. The van der Waals surface area contributed by atoms with Gasteiger partial charge < -0.3 is 10.6 Å². The summed E-state index contributed by atoms with van der Waals surface area (Å²) in [6.45, 7) is 0.900. The average Bonchev–Trinajstić information content (AvgIpc) is 3.34. The van der Waals surface area contributed by atoms with Crippen LogP contribution >= 0.6 is 22.9 Å². The van der Waals surface area contributed by atoms with Crippen LogP contribution in [0, 0.1) is 0 Å².